The Kier molecular flexibility index (Phi) is 5.73. The van der Waals surface area contributed by atoms with Crippen molar-refractivity contribution in [3.8, 4) is 11.5 Å². The molecule has 0 N–H and O–H groups in total. The van der Waals surface area contributed by atoms with Gasteiger partial charge < -0.3 is 9.47 Å². The summed E-state index contributed by atoms with van der Waals surface area (Å²) < 4.78 is 10.5. The van der Waals surface area contributed by atoms with E-state index in [4.69, 9.17) is 9.47 Å². The van der Waals surface area contributed by atoms with Crippen molar-refractivity contribution < 1.29 is 9.47 Å². The largest absolute Gasteiger partial charge is 0.497 e. The van der Waals surface area contributed by atoms with Crippen LogP contribution in [0, 0.1) is 0 Å². The molecule has 2 nitrogen and oxygen atoms in total. The van der Waals surface area contributed by atoms with Crippen LogP contribution in [-0.4, -0.2) is 14.2 Å². The van der Waals surface area contributed by atoms with Crippen LogP contribution in [0.3, 0.4) is 0 Å². The number of hydrogen-bond donors (Lipinski definition) is 0. The lowest BCUT2D eigenvalue weighted by atomic mass is 9.86. The Morgan fingerprint density at radius 3 is 1.44 bits per heavy atom. The molecule has 3 aromatic carbocycles. The normalized spacial score (nSPS) is 10.7. The second kappa shape index (κ2) is 8.39. The first-order chi connectivity index (χ1) is 12.3. The molecular formula is C23H24O2. The number of rotatable bonds is 7. The van der Waals surface area contributed by atoms with Gasteiger partial charge in [-0.1, -0.05) is 54.6 Å². The molecule has 128 valence electrons. The van der Waals surface area contributed by atoms with E-state index in [1.807, 2.05) is 24.3 Å². The summed E-state index contributed by atoms with van der Waals surface area (Å²) in [5.41, 5.74) is 4.01. The van der Waals surface area contributed by atoms with Crippen LogP contribution in [0.5, 0.6) is 11.5 Å². The first-order valence-corrected chi connectivity index (χ1v) is 8.59. The maximum Gasteiger partial charge on any atom is 0.118 e. The highest BCUT2D eigenvalue weighted by atomic mass is 16.5. The summed E-state index contributed by atoms with van der Waals surface area (Å²) in [7, 11) is 3.40. The highest BCUT2D eigenvalue weighted by Crippen LogP contribution is 2.27. The van der Waals surface area contributed by atoms with Crippen LogP contribution in [0.2, 0.25) is 0 Å². The molecule has 0 spiro atoms. The van der Waals surface area contributed by atoms with E-state index in [9.17, 15) is 0 Å². The van der Waals surface area contributed by atoms with Gasteiger partial charge in [0.1, 0.15) is 11.5 Å². The van der Waals surface area contributed by atoms with E-state index in [0.717, 1.165) is 24.3 Å². The lowest BCUT2D eigenvalue weighted by molar-refractivity contribution is 0.414. The Balaban J connectivity index is 1.81. The third kappa shape index (κ3) is 4.63. The number of methoxy groups -OCH3 is 2. The molecular weight excluding hydrogens is 308 g/mol. The molecule has 0 aliphatic carbocycles. The maximum atomic E-state index is 5.26. The SMILES string of the molecule is COc1ccc(CC(Cc2ccc(OC)cc2)c2ccccc2)cc1. The first-order valence-electron chi connectivity index (χ1n) is 8.59. The monoisotopic (exact) mass is 332 g/mol. The van der Waals surface area contributed by atoms with Gasteiger partial charge >= 0.3 is 0 Å². The average molecular weight is 332 g/mol. The van der Waals surface area contributed by atoms with Crippen molar-refractivity contribution in [1.29, 1.82) is 0 Å². The lowest BCUT2D eigenvalue weighted by Gasteiger charge is -2.18. The third-order valence-corrected chi connectivity index (χ3v) is 4.55. The van der Waals surface area contributed by atoms with Crippen LogP contribution in [0.15, 0.2) is 78.9 Å². The Morgan fingerprint density at radius 2 is 1.04 bits per heavy atom. The summed E-state index contributed by atoms with van der Waals surface area (Å²) in [4.78, 5) is 0. The van der Waals surface area contributed by atoms with Crippen LogP contribution < -0.4 is 9.47 Å². The highest BCUT2D eigenvalue weighted by molar-refractivity contribution is 5.32. The molecule has 3 rings (SSSR count). The van der Waals surface area contributed by atoms with E-state index in [2.05, 4.69) is 54.6 Å². The fourth-order valence-electron chi connectivity index (χ4n) is 3.13. The van der Waals surface area contributed by atoms with Gasteiger partial charge in [0.05, 0.1) is 14.2 Å². The van der Waals surface area contributed by atoms with Crippen molar-refractivity contribution in [1.82, 2.24) is 0 Å². The second-order valence-corrected chi connectivity index (χ2v) is 6.21. The fourth-order valence-corrected chi connectivity index (χ4v) is 3.13. The summed E-state index contributed by atoms with van der Waals surface area (Å²) in [5, 5.41) is 0. The van der Waals surface area contributed by atoms with Gasteiger partial charge in [0.15, 0.2) is 0 Å². The van der Waals surface area contributed by atoms with Crippen molar-refractivity contribution in [2.24, 2.45) is 0 Å². The first kappa shape index (κ1) is 17.1. The van der Waals surface area contributed by atoms with Crippen LogP contribution in [0.25, 0.3) is 0 Å². The zero-order chi connectivity index (χ0) is 17.5. The van der Waals surface area contributed by atoms with Crippen molar-refractivity contribution in [3.63, 3.8) is 0 Å². The molecule has 0 aromatic heterocycles. The fraction of sp³-hybridized carbons (Fsp3) is 0.217. The summed E-state index contributed by atoms with van der Waals surface area (Å²) in [5.74, 6) is 2.23. The molecule has 0 heterocycles. The van der Waals surface area contributed by atoms with Crippen LogP contribution in [0.4, 0.5) is 0 Å². The molecule has 3 aromatic rings. The highest BCUT2D eigenvalue weighted by Gasteiger charge is 2.13. The van der Waals surface area contributed by atoms with Gasteiger partial charge in [-0.05, 0) is 59.7 Å². The van der Waals surface area contributed by atoms with Crippen LogP contribution in [-0.2, 0) is 12.8 Å². The van der Waals surface area contributed by atoms with Gasteiger partial charge in [0.2, 0.25) is 0 Å². The Hall–Kier alpha value is -2.74. The summed E-state index contributed by atoms with van der Waals surface area (Å²) in [6.07, 6.45) is 2.00. The molecule has 25 heavy (non-hydrogen) atoms. The standard InChI is InChI=1S/C23H24O2/c1-24-22-12-8-18(9-13-22)16-21(20-6-4-3-5-7-20)17-19-10-14-23(25-2)15-11-19/h3-15,21H,16-17H2,1-2H3. The minimum atomic E-state index is 0.433. The molecule has 0 saturated carbocycles. The summed E-state index contributed by atoms with van der Waals surface area (Å²) in [6, 6.07) is 27.5. The zero-order valence-corrected chi connectivity index (χ0v) is 14.8. The van der Waals surface area contributed by atoms with Gasteiger partial charge in [-0.2, -0.15) is 0 Å². The van der Waals surface area contributed by atoms with E-state index in [1.54, 1.807) is 14.2 Å². The van der Waals surface area contributed by atoms with Crippen molar-refractivity contribution in [2.75, 3.05) is 14.2 Å². The maximum absolute atomic E-state index is 5.26. The van der Waals surface area contributed by atoms with E-state index >= 15 is 0 Å². The topological polar surface area (TPSA) is 18.5 Å². The minimum absolute atomic E-state index is 0.433. The van der Waals surface area contributed by atoms with Crippen LogP contribution in [0.1, 0.15) is 22.6 Å². The van der Waals surface area contributed by atoms with E-state index in [-0.39, 0.29) is 0 Å². The molecule has 0 radical (unpaired) electrons. The second-order valence-electron chi connectivity index (χ2n) is 6.21. The van der Waals surface area contributed by atoms with Crippen molar-refractivity contribution in [2.45, 2.75) is 18.8 Å². The quantitative estimate of drug-likeness (QED) is 0.586. The van der Waals surface area contributed by atoms with Crippen LogP contribution >= 0.6 is 0 Å². The number of ether oxygens (including phenoxy) is 2. The molecule has 0 aliphatic rings. The predicted molar refractivity (Wildman–Crippen MR) is 103 cm³/mol. The van der Waals surface area contributed by atoms with E-state index in [1.165, 1.54) is 16.7 Å². The molecule has 0 bridgehead atoms. The van der Waals surface area contributed by atoms with Gasteiger partial charge in [0, 0.05) is 0 Å². The van der Waals surface area contributed by atoms with Gasteiger partial charge in [-0.15, -0.1) is 0 Å². The molecule has 0 aliphatic heterocycles. The van der Waals surface area contributed by atoms with E-state index < -0.39 is 0 Å². The predicted octanol–water partition coefficient (Wildman–Crippen LogP) is 5.27. The molecule has 0 unspecified atom stereocenters. The van der Waals surface area contributed by atoms with Gasteiger partial charge in [0.25, 0.3) is 0 Å². The Labute approximate surface area is 150 Å². The Morgan fingerprint density at radius 1 is 0.600 bits per heavy atom. The zero-order valence-electron chi connectivity index (χ0n) is 14.8. The Bertz CT molecular complexity index is 712. The summed E-state index contributed by atoms with van der Waals surface area (Å²) in [6.45, 7) is 0. The molecule has 2 heteroatoms. The molecule has 0 fully saturated rings. The number of hydrogen-bond acceptors (Lipinski definition) is 2. The van der Waals surface area contributed by atoms with Gasteiger partial charge in [-0.3, -0.25) is 0 Å². The lowest BCUT2D eigenvalue weighted by Crippen LogP contribution is -2.07. The van der Waals surface area contributed by atoms with E-state index in [0.29, 0.717) is 5.92 Å². The molecule has 0 amide bonds. The van der Waals surface area contributed by atoms with Gasteiger partial charge in [-0.25, -0.2) is 0 Å². The summed E-state index contributed by atoms with van der Waals surface area (Å²) >= 11 is 0. The van der Waals surface area contributed by atoms with Crippen molar-refractivity contribution >= 4 is 0 Å². The minimum Gasteiger partial charge on any atom is -0.497 e. The third-order valence-electron chi connectivity index (χ3n) is 4.55. The smallest absolute Gasteiger partial charge is 0.118 e. The molecule has 0 saturated heterocycles. The molecule has 0 atom stereocenters. The number of benzene rings is 3. The average Bonchev–Trinajstić information content (AvgIpc) is 2.69. The van der Waals surface area contributed by atoms with Crippen molar-refractivity contribution in [3.05, 3.63) is 95.6 Å².